The standard InChI is InChI=1S/C27H26F3N7O/c1-4-22(17-8-9-23(32-12-17)27(28,29)30)36-15-19(13-33-36)18-11-21(24-34-25(31)35-37(24)14-18)16-6-5-7-20(10-16)26(2,3)38/h5-15,22,38H,4H2,1-3H3,(H2,31,35). The number of nitrogen functional groups attached to an aromatic ring is 1. The molecule has 0 saturated carbocycles. The molecule has 0 fully saturated rings. The fraction of sp³-hybridized carbons (Fsp3) is 0.259. The lowest BCUT2D eigenvalue weighted by molar-refractivity contribution is -0.141. The van der Waals surface area contributed by atoms with Gasteiger partial charge >= 0.3 is 6.18 Å². The Kier molecular flexibility index (Phi) is 6.18. The molecule has 0 saturated heterocycles. The first kappa shape index (κ1) is 25.4. The molecular weight excluding hydrogens is 495 g/mol. The summed E-state index contributed by atoms with van der Waals surface area (Å²) in [5.41, 5.74) is 9.05. The number of aliphatic hydroxyl groups is 1. The predicted octanol–water partition coefficient (Wildman–Crippen LogP) is 5.48. The lowest BCUT2D eigenvalue weighted by atomic mass is 9.94. The molecule has 3 N–H and O–H groups in total. The number of pyridine rings is 2. The summed E-state index contributed by atoms with van der Waals surface area (Å²) in [5, 5.41) is 19.3. The van der Waals surface area contributed by atoms with Crippen molar-refractivity contribution in [3.8, 4) is 22.3 Å². The Morgan fingerprint density at radius 3 is 2.45 bits per heavy atom. The minimum absolute atomic E-state index is 0.124. The highest BCUT2D eigenvalue weighted by Crippen LogP contribution is 2.33. The van der Waals surface area contributed by atoms with Gasteiger partial charge in [0.15, 0.2) is 5.65 Å². The molecule has 8 nitrogen and oxygen atoms in total. The lowest BCUT2D eigenvalue weighted by Crippen LogP contribution is -2.15. The highest BCUT2D eigenvalue weighted by Gasteiger charge is 2.32. The summed E-state index contributed by atoms with van der Waals surface area (Å²) in [4.78, 5) is 7.99. The van der Waals surface area contributed by atoms with Crippen LogP contribution < -0.4 is 5.73 Å². The second-order valence-corrected chi connectivity index (χ2v) is 9.63. The molecule has 1 unspecified atom stereocenters. The molecule has 0 spiro atoms. The van der Waals surface area contributed by atoms with Crippen molar-refractivity contribution in [2.24, 2.45) is 0 Å². The Labute approximate surface area is 216 Å². The Morgan fingerprint density at radius 2 is 1.79 bits per heavy atom. The summed E-state index contributed by atoms with van der Waals surface area (Å²) >= 11 is 0. The minimum Gasteiger partial charge on any atom is -0.386 e. The molecule has 5 aromatic rings. The van der Waals surface area contributed by atoms with Gasteiger partial charge in [-0.1, -0.05) is 31.2 Å². The highest BCUT2D eigenvalue weighted by atomic mass is 19.4. The third kappa shape index (κ3) is 4.84. The molecule has 0 aliphatic rings. The van der Waals surface area contributed by atoms with Crippen LogP contribution in [0.4, 0.5) is 19.1 Å². The third-order valence-corrected chi connectivity index (χ3v) is 6.43. The molecule has 5 rings (SSSR count). The fourth-order valence-electron chi connectivity index (χ4n) is 4.44. The van der Waals surface area contributed by atoms with Crippen LogP contribution in [0.15, 0.2) is 67.3 Å². The molecule has 0 bridgehead atoms. The number of nitrogens with zero attached hydrogens (tertiary/aromatic N) is 6. The zero-order chi connectivity index (χ0) is 27.2. The minimum atomic E-state index is -4.49. The van der Waals surface area contributed by atoms with Crippen LogP contribution >= 0.6 is 0 Å². The average molecular weight is 522 g/mol. The molecule has 11 heteroatoms. The second kappa shape index (κ2) is 9.25. The van der Waals surface area contributed by atoms with Crippen molar-refractivity contribution in [3.63, 3.8) is 0 Å². The molecule has 38 heavy (non-hydrogen) atoms. The van der Waals surface area contributed by atoms with Gasteiger partial charge in [-0.3, -0.25) is 9.67 Å². The van der Waals surface area contributed by atoms with Gasteiger partial charge < -0.3 is 10.8 Å². The Morgan fingerprint density at radius 1 is 1.00 bits per heavy atom. The van der Waals surface area contributed by atoms with Crippen LogP contribution in [-0.2, 0) is 11.8 Å². The molecule has 0 radical (unpaired) electrons. The molecule has 0 aliphatic carbocycles. The monoisotopic (exact) mass is 521 g/mol. The van der Waals surface area contributed by atoms with Crippen molar-refractivity contribution in [2.45, 2.75) is 45.0 Å². The van der Waals surface area contributed by atoms with E-state index < -0.39 is 17.5 Å². The van der Waals surface area contributed by atoms with Gasteiger partial charge in [0, 0.05) is 35.3 Å². The number of nitrogens with two attached hydrogens (primary N) is 1. The van der Waals surface area contributed by atoms with E-state index in [1.165, 1.54) is 12.3 Å². The number of hydrogen-bond acceptors (Lipinski definition) is 6. The zero-order valence-corrected chi connectivity index (χ0v) is 21.0. The number of rotatable bonds is 6. The summed E-state index contributed by atoms with van der Waals surface area (Å²) in [6, 6.07) is 11.6. The van der Waals surface area contributed by atoms with E-state index in [0.29, 0.717) is 17.6 Å². The maximum absolute atomic E-state index is 13.0. The van der Waals surface area contributed by atoms with Crippen LogP contribution in [0.25, 0.3) is 27.9 Å². The van der Waals surface area contributed by atoms with Crippen molar-refractivity contribution in [3.05, 3.63) is 84.1 Å². The van der Waals surface area contributed by atoms with Gasteiger partial charge in [0.25, 0.3) is 0 Å². The summed E-state index contributed by atoms with van der Waals surface area (Å²) in [5.74, 6) is 0.124. The van der Waals surface area contributed by atoms with E-state index in [-0.39, 0.29) is 12.0 Å². The van der Waals surface area contributed by atoms with E-state index in [1.807, 2.05) is 43.5 Å². The summed E-state index contributed by atoms with van der Waals surface area (Å²) in [7, 11) is 0. The van der Waals surface area contributed by atoms with Crippen LogP contribution in [0.5, 0.6) is 0 Å². The topological polar surface area (TPSA) is 107 Å². The molecule has 4 heterocycles. The van der Waals surface area contributed by atoms with E-state index in [1.54, 1.807) is 35.4 Å². The van der Waals surface area contributed by atoms with Crippen LogP contribution in [0.1, 0.15) is 50.1 Å². The number of anilines is 1. The van der Waals surface area contributed by atoms with Gasteiger partial charge in [0.1, 0.15) is 5.69 Å². The maximum Gasteiger partial charge on any atom is 0.433 e. The summed E-state index contributed by atoms with van der Waals surface area (Å²) in [6.45, 7) is 5.37. The predicted molar refractivity (Wildman–Crippen MR) is 137 cm³/mol. The summed E-state index contributed by atoms with van der Waals surface area (Å²) in [6.07, 6.45) is 2.68. The third-order valence-electron chi connectivity index (χ3n) is 6.43. The van der Waals surface area contributed by atoms with Crippen molar-refractivity contribution >= 4 is 11.6 Å². The van der Waals surface area contributed by atoms with Gasteiger partial charge in [-0.25, -0.2) is 4.52 Å². The van der Waals surface area contributed by atoms with Crippen molar-refractivity contribution in [1.29, 1.82) is 0 Å². The average Bonchev–Trinajstić information content (AvgIpc) is 3.49. The number of aromatic nitrogens is 6. The first-order valence-corrected chi connectivity index (χ1v) is 12.0. The van der Waals surface area contributed by atoms with Gasteiger partial charge in [-0.15, -0.1) is 5.10 Å². The molecule has 4 aromatic heterocycles. The molecular formula is C27H26F3N7O. The largest absolute Gasteiger partial charge is 0.433 e. The normalized spacial score (nSPS) is 13.2. The molecule has 196 valence electrons. The van der Waals surface area contributed by atoms with Gasteiger partial charge in [-0.05, 0) is 55.2 Å². The highest BCUT2D eigenvalue weighted by molar-refractivity contribution is 5.82. The number of fused-ring (bicyclic) bond motifs is 1. The van der Waals surface area contributed by atoms with Gasteiger partial charge in [-0.2, -0.15) is 23.3 Å². The van der Waals surface area contributed by atoms with E-state index in [4.69, 9.17) is 5.73 Å². The fourth-order valence-corrected chi connectivity index (χ4v) is 4.44. The maximum atomic E-state index is 13.0. The van der Waals surface area contributed by atoms with Gasteiger partial charge in [0.2, 0.25) is 5.95 Å². The van der Waals surface area contributed by atoms with Crippen molar-refractivity contribution < 1.29 is 18.3 Å². The van der Waals surface area contributed by atoms with E-state index in [9.17, 15) is 18.3 Å². The van der Waals surface area contributed by atoms with Crippen LogP contribution in [0, 0.1) is 0 Å². The Bertz CT molecular complexity index is 1600. The first-order chi connectivity index (χ1) is 17.9. The number of benzene rings is 1. The smallest absolute Gasteiger partial charge is 0.386 e. The zero-order valence-electron chi connectivity index (χ0n) is 21.0. The molecule has 0 amide bonds. The second-order valence-electron chi connectivity index (χ2n) is 9.63. The molecule has 1 atom stereocenters. The number of hydrogen-bond donors (Lipinski definition) is 2. The van der Waals surface area contributed by atoms with E-state index in [0.717, 1.165) is 33.9 Å². The van der Waals surface area contributed by atoms with Gasteiger partial charge in [0.05, 0.1) is 17.8 Å². The lowest BCUT2D eigenvalue weighted by Gasteiger charge is -2.18. The van der Waals surface area contributed by atoms with Crippen LogP contribution in [-0.4, -0.2) is 34.5 Å². The first-order valence-electron chi connectivity index (χ1n) is 12.0. The number of halogens is 3. The van der Waals surface area contributed by atoms with Crippen LogP contribution in [0.3, 0.4) is 0 Å². The Hall–Kier alpha value is -4.25. The van der Waals surface area contributed by atoms with Crippen LogP contribution in [0.2, 0.25) is 0 Å². The molecule has 0 aliphatic heterocycles. The Balaban J connectivity index is 1.55. The van der Waals surface area contributed by atoms with Crippen molar-refractivity contribution in [1.82, 2.24) is 29.4 Å². The number of alkyl halides is 3. The summed E-state index contributed by atoms with van der Waals surface area (Å²) < 4.78 is 42.2. The SMILES string of the molecule is CCC(c1ccc(C(F)(F)F)nc1)n1cc(-c2cc(-c3cccc(C(C)(C)O)c3)c3nc(N)nn3c2)cn1. The quantitative estimate of drug-likeness (QED) is 0.306. The van der Waals surface area contributed by atoms with E-state index >= 15 is 0 Å². The van der Waals surface area contributed by atoms with Crippen molar-refractivity contribution in [2.75, 3.05) is 5.73 Å². The molecule has 1 aromatic carbocycles. The van der Waals surface area contributed by atoms with E-state index in [2.05, 4.69) is 20.2 Å².